The van der Waals surface area contributed by atoms with Crippen LogP contribution in [-0.2, 0) is 6.42 Å². The zero-order valence-electron chi connectivity index (χ0n) is 8.37. The summed E-state index contributed by atoms with van der Waals surface area (Å²) in [5.41, 5.74) is 1.08. The van der Waals surface area contributed by atoms with Gasteiger partial charge in [-0.15, -0.1) is 0 Å². The molecule has 0 saturated heterocycles. The quantitative estimate of drug-likeness (QED) is 0.766. The number of carboxylic acids is 1. The molecule has 0 atom stereocenters. The van der Waals surface area contributed by atoms with Crippen molar-refractivity contribution in [2.24, 2.45) is 0 Å². The number of aromatic carboxylic acids is 1. The van der Waals surface area contributed by atoms with Gasteiger partial charge in [-0.25, -0.2) is 9.78 Å². The second-order valence-electron chi connectivity index (χ2n) is 2.92. The Balaban J connectivity index is 3.06. The van der Waals surface area contributed by atoms with Crippen molar-refractivity contribution in [2.45, 2.75) is 20.3 Å². The van der Waals surface area contributed by atoms with Crippen molar-refractivity contribution in [1.82, 2.24) is 4.98 Å². The number of anilines is 1. The molecule has 0 radical (unpaired) electrons. The van der Waals surface area contributed by atoms with Crippen molar-refractivity contribution in [3.8, 4) is 0 Å². The lowest BCUT2D eigenvalue weighted by Gasteiger charge is -2.05. The van der Waals surface area contributed by atoms with Crippen LogP contribution in [-0.4, -0.2) is 22.6 Å². The van der Waals surface area contributed by atoms with Crippen LogP contribution in [0.4, 0.5) is 5.82 Å². The van der Waals surface area contributed by atoms with E-state index in [1.165, 1.54) is 0 Å². The zero-order chi connectivity index (χ0) is 10.6. The van der Waals surface area contributed by atoms with Gasteiger partial charge in [0, 0.05) is 12.2 Å². The topological polar surface area (TPSA) is 62.2 Å². The molecule has 1 aromatic rings. The SMILES string of the molecule is CCNc1cc(C(=O)O)cc(CC)n1. The first-order valence-corrected chi connectivity index (χ1v) is 4.65. The molecule has 0 aromatic carbocycles. The highest BCUT2D eigenvalue weighted by Gasteiger charge is 2.06. The van der Waals surface area contributed by atoms with Gasteiger partial charge in [0.15, 0.2) is 0 Å². The Morgan fingerprint density at radius 3 is 2.71 bits per heavy atom. The van der Waals surface area contributed by atoms with Gasteiger partial charge in [0.1, 0.15) is 5.82 Å². The Morgan fingerprint density at radius 1 is 1.50 bits per heavy atom. The van der Waals surface area contributed by atoms with Gasteiger partial charge in [0.25, 0.3) is 0 Å². The number of rotatable bonds is 4. The summed E-state index contributed by atoms with van der Waals surface area (Å²) >= 11 is 0. The summed E-state index contributed by atoms with van der Waals surface area (Å²) in [6, 6.07) is 3.15. The third-order valence-corrected chi connectivity index (χ3v) is 1.85. The van der Waals surface area contributed by atoms with E-state index in [1.54, 1.807) is 12.1 Å². The van der Waals surface area contributed by atoms with Crippen molar-refractivity contribution in [3.05, 3.63) is 23.4 Å². The lowest BCUT2D eigenvalue weighted by Crippen LogP contribution is -2.05. The van der Waals surface area contributed by atoms with Gasteiger partial charge in [-0.05, 0) is 25.5 Å². The number of nitrogens with zero attached hydrogens (tertiary/aromatic N) is 1. The first kappa shape index (κ1) is 10.5. The normalized spacial score (nSPS) is 9.86. The summed E-state index contributed by atoms with van der Waals surface area (Å²) in [5, 5.41) is 11.8. The summed E-state index contributed by atoms with van der Waals surface area (Å²) in [6.45, 7) is 4.63. The molecule has 0 amide bonds. The van der Waals surface area contributed by atoms with Crippen LogP contribution in [0.5, 0.6) is 0 Å². The van der Waals surface area contributed by atoms with E-state index in [-0.39, 0.29) is 5.56 Å². The predicted molar refractivity (Wildman–Crippen MR) is 54.7 cm³/mol. The smallest absolute Gasteiger partial charge is 0.335 e. The van der Waals surface area contributed by atoms with Gasteiger partial charge in [-0.3, -0.25) is 0 Å². The van der Waals surface area contributed by atoms with Crippen LogP contribution in [0.3, 0.4) is 0 Å². The minimum Gasteiger partial charge on any atom is -0.478 e. The number of nitrogens with one attached hydrogen (secondary N) is 1. The first-order valence-electron chi connectivity index (χ1n) is 4.65. The Morgan fingerprint density at radius 2 is 2.21 bits per heavy atom. The zero-order valence-corrected chi connectivity index (χ0v) is 8.37. The van der Waals surface area contributed by atoms with Crippen molar-refractivity contribution >= 4 is 11.8 Å². The van der Waals surface area contributed by atoms with Crippen LogP contribution in [0, 0.1) is 0 Å². The van der Waals surface area contributed by atoms with Gasteiger partial charge in [-0.1, -0.05) is 6.92 Å². The summed E-state index contributed by atoms with van der Waals surface area (Å²) in [6.07, 6.45) is 0.736. The van der Waals surface area contributed by atoms with E-state index < -0.39 is 5.97 Å². The van der Waals surface area contributed by atoms with E-state index in [2.05, 4.69) is 10.3 Å². The summed E-state index contributed by atoms with van der Waals surface area (Å²) < 4.78 is 0. The number of carbonyl (C=O) groups is 1. The van der Waals surface area contributed by atoms with E-state index >= 15 is 0 Å². The fraction of sp³-hybridized carbons (Fsp3) is 0.400. The highest BCUT2D eigenvalue weighted by molar-refractivity contribution is 5.88. The van der Waals surface area contributed by atoms with Crippen molar-refractivity contribution in [2.75, 3.05) is 11.9 Å². The molecule has 0 saturated carbocycles. The number of hydrogen-bond acceptors (Lipinski definition) is 3. The summed E-state index contributed by atoms with van der Waals surface area (Å²) in [5.74, 6) is -0.287. The van der Waals surface area contributed by atoms with E-state index in [1.807, 2.05) is 13.8 Å². The lowest BCUT2D eigenvalue weighted by atomic mass is 10.2. The van der Waals surface area contributed by atoms with Crippen LogP contribution >= 0.6 is 0 Å². The van der Waals surface area contributed by atoms with E-state index in [4.69, 9.17) is 5.11 Å². The van der Waals surface area contributed by atoms with Crippen LogP contribution < -0.4 is 5.32 Å². The molecule has 0 aliphatic heterocycles. The molecular weight excluding hydrogens is 180 g/mol. The lowest BCUT2D eigenvalue weighted by molar-refractivity contribution is 0.0696. The Hall–Kier alpha value is -1.58. The van der Waals surface area contributed by atoms with Gasteiger partial charge < -0.3 is 10.4 Å². The number of aryl methyl sites for hydroxylation is 1. The molecular formula is C10H14N2O2. The van der Waals surface area contributed by atoms with Gasteiger partial charge in [-0.2, -0.15) is 0 Å². The molecule has 0 aliphatic rings. The number of carboxylic acid groups (broad SMARTS) is 1. The predicted octanol–water partition coefficient (Wildman–Crippen LogP) is 1.77. The van der Waals surface area contributed by atoms with Crippen LogP contribution in [0.1, 0.15) is 29.9 Å². The molecule has 76 valence electrons. The minimum absolute atomic E-state index is 0.285. The molecule has 2 N–H and O–H groups in total. The second kappa shape index (κ2) is 4.60. The highest BCUT2D eigenvalue weighted by atomic mass is 16.4. The van der Waals surface area contributed by atoms with Crippen molar-refractivity contribution in [1.29, 1.82) is 0 Å². The van der Waals surface area contributed by atoms with E-state index in [0.717, 1.165) is 18.7 Å². The largest absolute Gasteiger partial charge is 0.478 e. The van der Waals surface area contributed by atoms with Gasteiger partial charge in [0.05, 0.1) is 5.56 Å². The maximum atomic E-state index is 10.8. The molecule has 0 fully saturated rings. The average Bonchev–Trinajstić information content (AvgIpc) is 2.17. The summed E-state index contributed by atoms with van der Waals surface area (Å²) in [4.78, 5) is 15.0. The maximum Gasteiger partial charge on any atom is 0.335 e. The molecule has 0 unspecified atom stereocenters. The minimum atomic E-state index is -0.916. The first-order chi connectivity index (χ1) is 6.67. The van der Waals surface area contributed by atoms with Crippen LogP contribution in [0.2, 0.25) is 0 Å². The third-order valence-electron chi connectivity index (χ3n) is 1.85. The Kier molecular flexibility index (Phi) is 3.45. The maximum absolute atomic E-state index is 10.8. The molecule has 0 spiro atoms. The molecule has 1 heterocycles. The average molecular weight is 194 g/mol. The van der Waals surface area contributed by atoms with Crippen molar-refractivity contribution < 1.29 is 9.90 Å². The fourth-order valence-electron chi connectivity index (χ4n) is 1.16. The molecule has 14 heavy (non-hydrogen) atoms. The summed E-state index contributed by atoms with van der Waals surface area (Å²) in [7, 11) is 0. The molecule has 1 rings (SSSR count). The van der Waals surface area contributed by atoms with Crippen LogP contribution in [0.15, 0.2) is 12.1 Å². The monoisotopic (exact) mass is 194 g/mol. The number of pyridine rings is 1. The molecule has 0 aliphatic carbocycles. The standard InChI is InChI=1S/C10H14N2O2/c1-3-8-5-7(10(13)14)6-9(12-8)11-4-2/h5-6H,3-4H2,1-2H3,(H,11,12)(H,13,14). The Bertz CT molecular complexity index is 337. The molecule has 1 aromatic heterocycles. The fourth-order valence-corrected chi connectivity index (χ4v) is 1.16. The Labute approximate surface area is 83.0 Å². The van der Waals surface area contributed by atoms with Crippen LogP contribution in [0.25, 0.3) is 0 Å². The van der Waals surface area contributed by atoms with Crippen molar-refractivity contribution in [3.63, 3.8) is 0 Å². The van der Waals surface area contributed by atoms with Gasteiger partial charge in [0.2, 0.25) is 0 Å². The number of aromatic nitrogens is 1. The number of hydrogen-bond donors (Lipinski definition) is 2. The highest BCUT2D eigenvalue weighted by Crippen LogP contribution is 2.10. The third kappa shape index (κ3) is 2.45. The van der Waals surface area contributed by atoms with Gasteiger partial charge >= 0.3 is 5.97 Å². The molecule has 4 heteroatoms. The second-order valence-corrected chi connectivity index (χ2v) is 2.92. The molecule has 0 bridgehead atoms. The van der Waals surface area contributed by atoms with E-state index in [0.29, 0.717) is 5.82 Å². The van der Waals surface area contributed by atoms with E-state index in [9.17, 15) is 4.79 Å². The molecule has 4 nitrogen and oxygen atoms in total.